The Bertz CT molecular complexity index is 872. The van der Waals surface area contributed by atoms with Crippen molar-refractivity contribution < 1.29 is 4.79 Å². The summed E-state index contributed by atoms with van der Waals surface area (Å²) in [7, 11) is 0. The lowest BCUT2D eigenvalue weighted by atomic mass is 10.3. The molecule has 3 aromatic heterocycles. The summed E-state index contributed by atoms with van der Waals surface area (Å²) in [6.45, 7) is 3.91. The van der Waals surface area contributed by atoms with Crippen LogP contribution in [0.25, 0.3) is 10.7 Å². The molecular weight excluding hydrogens is 324 g/mol. The molecule has 4 heterocycles. The summed E-state index contributed by atoms with van der Waals surface area (Å²) in [5.41, 5.74) is 1.25. The predicted octanol–water partition coefficient (Wildman–Crippen LogP) is 2.02. The number of hydrogen-bond donors (Lipinski definition) is 0. The zero-order valence-corrected chi connectivity index (χ0v) is 14.0. The first-order chi connectivity index (χ1) is 11.8. The minimum Gasteiger partial charge on any atom is -0.328 e. The summed E-state index contributed by atoms with van der Waals surface area (Å²) in [5, 5.41) is 10.9. The number of hydrogen-bond acceptors (Lipinski definition) is 6. The number of nitrogens with zero attached hydrogens (tertiary/aromatic N) is 6. The van der Waals surface area contributed by atoms with Gasteiger partial charge in [-0.3, -0.25) is 9.78 Å². The molecule has 8 heteroatoms. The third kappa shape index (κ3) is 2.58. The van der Waals surface area contributed by atoms with Crippen LogP contribution in [0.15, 0.2) is 29.8 Å². The minimum absolute atomic E-state index is 0.0688. The van der Waals surface area contributed by atoms with Crippen molar-refractivity contribution in [3.05, 3.63) is 47.1 Å². The maximum atomic E-state index is 12.7. The van der Waals surface area contributed by atoms with Gasteiger partial charge in [-0.25, -0.2) is 4.98 Å². The maximum absolute atomic E-state index is 12.7. The molecule has 0 fully saturated rings. The lowest BCUT2D eigenvalue weighted by Crippen LogP contribution is -2.38. The van der Waals surface area contributed by atoms with Gasteiger partial charge in [-0.05, 0) is 12.1 Å². The van der Waals surface area contributed by atoms with Gasteiger partial charge in [0.1, 0.15) is 16.5 Å². The van der Waals surface area contributed by atoms with Gasteiger partial charge in [-0.1, -0.05) is 13.0 Å². The summed E-state index contributed by atoms with van der Waals surface area (Å²) >= 11 is 1.43. The molecule has 0 unspecified atom stereocenters. The summed E-state index contributed by atoms with van der Waals surface area (Å²) in [6, 6.07) is 5.66. The van der Waals surface area contributed by atoms with Crippen molar-refractivity contribution in [2.75, 3.05) is 6.54 Å². The van der Waals surface area contributed by atoms with Crippen LogP contribution in [0.1, 0.15) is 29.1 Å². The average Bonchev–Trinajstić information content (AvgIpc) is 3.28. The summed E-state index contributed by atoms with van der Waals surface area (Å²) in [4.78, 5) is 23.2. The third-order valence-electron chi connectivity index (χ3n) is 4.04. The van der Waals surface area contributed by atoms with Gasteiger partial charge in [0.15, 0.2) is 5.82 Å². The van der Waals surface area contributed by atoms with Gasteiger partial charge in [0, 0.05) is 31.1 Å². The van der Waals surface area contributed by atoms with Crippen molar-refractivity contribution in [2.45, 2.75) is 26.4 Å². The number of thiazole rings is 1. The number of fused-ring (bicyclic) bond motifs is 1. The van der Waals surface area contributed by atoms with Crippen molar-refractivity contribution in [3.63, 3.8) is 0 Å². The van der Waals surface area contributed by atoms with E-state index < -0.39 is 0 Å². The maximum Gasteiger partial charge on any atom is 0.273 e. The van der Waals surface area contributed by atoms with Gasteiger partial charge in [0.2, 0.25) is 0 Å². The van der Waals surface area contributed by atoms with Crippen LogP contribution < -0.4 is 0 Å². The SMILES string of the molecule is CCc1nnc2n1CCN(C(=O)c1csc(-c3ccccn3)n1)C2. The lowest BCUT2D eigenvalue weighted by molar-refractivity contribution is 0.0701. The molecule has 4 rings (SSSR count). The molecule has 0 saturated carbocycles. The molecule has 0 bridgehead atoms. The van der Waals surface area contributed by atoms with Crippen molar-refractivity contribution in [1.29, 1.82) is 0 Å². The van der Waals surface area contributed by atoms with E-state index in [0.717, 1.165) is 35.3 Å². The van der Waals surface area contributed by atoms with E-state index in [2.05, 4.69) is 31.7 Å². The lowest BCUT2D eigenvalue weighted by Gasteiger charge is -2.27. The van der Waals surface area contributed by atoms with Crippen LogP contribution in [-0.2, 0) is 19.5 Å². The summed E-state index contributed by atoms with van der Waals surface area (Å²) in [5.74, 6) is 1.75. The van der Waals surface area contributed by atoms with Crippen molar-refractivity contribution in [3.8, 4) is 10.7 Å². The van der Waals surface area contributed by atoms with E-state index in [1.807, 2.05) is 18.2 Å². The zero-order valence-electron chi connectivity index (χ0n) is 13.2. The van der Waals surface area contributed by atoms with E-state index >= 15 is 0 Å². The number of pyridine rings is 1. The first-order valence-corrected chi connectivity index (χ1v) is 8.71. The van der Waals surface area contributed by atoms with Crippen molar-refractivity contribution >= 4 is 17.2 Å². The Balaban J connectivity index is 1.54. The Labute approximate surface area is 143 Å². The Hall–Kier alpha value is -2.61. The molecule has 122 valence electrons. The van der Waals surface area contributed by atoms with E-state index in [9.17, 15) is 4.79 Å². The van der Waals surface area contributed by atoms with Crippen LogP contribution in [-0.4, -0.2) is 42.1 Å². The van der Waals surface area contributed by atoms with Crippen LogP contribution in [0, 0.1) is 0 Å². The van der Waals surface area contributed by atoms with Gasteiger partial charge in [-0.2, -0.15) is 0 Å². The molecule has 1 amide bonds. The van der Waals surface area contributed by atoms with Gasteiger partial charge in [0.25, 0.3) is 5.91 Å². The number of rotatable bonds is 3. The highest BCUT2D eigenvalue weighted by atomic mass is 32.1. The monoisotopic (exact) mass is 340 g/mol. The minimum atomic E-state index is -0.0688. The van der Waals surface area contributed by atoms with E-state index in [1.54, 1.807) is 16.5 Å². The smallest absolute Gasteiger partial charge is 0.273 e. The van der Waals surface area contributed by atoms with Gasteiger partial charge < -0.3 is 9.47 Å². The molecule has 0 atom stereocenters. The van der Waals surface area contributed by atoms with Crippen molar-refractivity contribution in [2.24, 2.45) is 0 Å². The van der Waals surface area contributed by atoms with E-state index in [-0.39, 0.29) is 5.91 Å². The second-order valence-corrected chi connectivity index (χ2v) is 6.38. The average molecular weight is 340 g/mol. The Morgan fingerprint density at radius 2 is 2.21 bits per heavy atom. The molecule has 0 aromatic carbocycles. The van der Waals surface area contributed by atoms with E-state index in [0.29, 0.717) is 18.8 Å². The normalized spacial score (nSPS) is 13.8. The number of amides is 1. The fourth-order valence-corrected chi connectivity index (χ4v) is 3.56. The fourth-order valence-electron chi connectivity index (χ4n) is 2.79. The quantitative estimate of drug-likeness (QED) is 0.729. The topological polar surface area (TPSA) is 76.8 Å². The number of carbonyl (C=O) groups is 1. The fraction of sp³-hybridized carbons (Fsp3) is 0.312. The van der Waals surface area contributed by atoms with Crippen LogP contribution >= 0.6 is 11.3 Å². The highest BCUT2D eigenvalue weighted by molar-refractivity contribution is 7.13. The van der Waals surface area contributed by atoms with Crippen LogP contribution in [0.4, 0.5) is 0 Å². The largest absolute Gasteiger partial charge is 0.328 e. The molecule has 0 aliphatic carbocycles. The molecule has 0 saturated heterocycles. The zero-order chi connectivity index (χ0) is 16.5. The van der Waals surface area contributed by atoms with E-state index in [4.69, 9.17) is 0 Å². The highest BCUT2D eigenvalue weighted by Gasteiger charge is 2.26. The van der Waals surface area contributed by atoms with E-state index in [1.165, 1.54) is 11.3 Å². The molecule has 24 heavy (non-hydrogen) atoms. The summed E-state index contributed by atoms with van der Waals surface area (Å²) in [6.07, 6.45) is 2.57. The molecular formula is C16H16N6OS. The van der Waals surface area contributed by atoms with Crippen LogP contribution in [0.3, 0.4) is 0 Å². The van der Waals surface area contributed by atoms with Gasteiger partial charge in [-0.15, -0.1) is 21.5 Å². The summed E-state index contributed by atoms with van der Waals surface area (Å²) < 4.78 is 2.10. The Morgan fingerprint density at radius 3 is 3.00 bits per heavy atom. The molecule has 1 aliphatic heterocycles. The van der Waals surface area contributed by atoms with Crippen LogP contribution in [0.5, 0.6) is 0 Å². The Kier molecular flexibility index (Phi) is 3.81. The Morgan fingerprint density at radius 1 is 1.29 bits per heavy atom. The van der Waals surface area contributed by atoms with Crippen LogP contribution in [0.2, 0.25) is 0 Å². The predicted molar refractivity (Wildman–Crippen MR) is 89.5 cm³/mol. The van der Waals surface area contributed by atoms with Crippen molar-refractivity contribution in [1.82, 2.24) is 29.6 Å². The molecule has 0 radical (unpaired) electrons. The number of aromatic nitrogens is 5. The highest BCUT2D eigenvalue weighted by Crippen LogP contribution is 2.23. The molecule has 3 aromatic rings. The molecule has 7 nitrogen and oxygen atoms in total. The third-order valence-corrected chi connectivity index (χ3v) is 4.91. The molecule has 1 aliphatic rings. The number of aryl methyl sites for hydroxylation is 1. The first kappa shape index (κ1) is 14.9. The first-order valence-electron chi connectivity index (χ1n) is 7.83. The molecule has 0 spiro atoms. The second-order valence-electron chi connectivity index (χ2n) is 5.52. The van der Waals surface area contributed by atoms with Gasteiger partial charge in [0.05, 0.1) is 12.2 Å². The molecule has 0 N–H and O–H groups in total. The van der Waals surface area contributed by atoms with Gasteiger partial charge >= 0.3 is 0 Å². The number of carbonyl (C=O) groups excluding carboxylic acids is 1. The second kappa shape index (κ2) is 6.12. The standard InChI is InChI=1S/C16H16N6OS/c1-2-13-19-20-14-9-21(7-8-22(13)14)16(23)12-10-24-15(18-12)11-5-3-4-6-17-11/h3-6,10H,2,7-9H2,1H3.